The van der Waals surface area contributed by atoms with E-state index in [1.807, 2.05) is 24.3 Å². The molecule has 0 radical (unpaired) electrons. The van der Waals surface area contributed by atoms with E-state index in [-0.39, 0.29) is 5.82 Å². The van der Waals surface area contributed by atoms with Gasteiger partial charge in [-0.1, -0.05) is 45.7 Å². The van der Waals surface area contributed by atoms with Gasteiger partial charge in [-0.3, -0.25) is 0 Å². The predicted octanol–water partition coefficient (Wildman–Crippen LogP) is 6.01. The minimum Gasteiger partial charge on any atom is -0.381 e. The molecule has 21 heavy (non-hydrogen) atoms. The highest BCUT2D eigenvalue weighted by molar-refractivity contribution is 9.10. The fraction of sp³-hybridized carbons (Fsp3) is 0.0588. The Hall–Kier alpha value is -1.58. The van der Waals surface area contributed by atoms with Crippen LogP contribution in [0.3, 0.4) is 0 Å². The first-order valence-corrected chi connectivity index (χ1v) is 7.66. The van der Waals surface area contributed by atoms with Crippen LogP contribution in [0.1, 0.15) is 5.56 Å². The number of benzene rings is 3. The number of fused-ring (bicyclic) bond motifs is 1. The number of anilines is 1. The zero-order valence-electron chi connectivity index (χ0n) is 11.0. The average molecular weight is 365 g/mol. The lowest BCUT2D eigenvalue weighted by molar-refractivity contribution is 0.613. The number of nitrogens with one attached hydrogen (secondary N) is 1. The highest BCUT2D eigenvalue weighted by atomic mass is 79.9. The zero-order chi connectivity index (χ0) is 14.8. The Morgan fingerprint density at radius 1 is 0.952 bits per heavy atom. The lowest BCUT2D eigenvalue weighted by Gasteiger charge is -2.09. The minimum absolute atomic E-state index is 0.292. The van der Waals surface area contributed by atoms with Gasteiger partial charge in [0.1, 0.15) is 5.82 Å². The normalized spacial score (nSPS) is 10.8. The molecule has 0 aliphatic rings. The summed E-state index contributed by atoms with van der Waals surface area (Å²) in [6, 6.07) is 16.9. The molecule has 0 atom stereocenters. The maximum atomic E-state index is 13.7. The van der Waals surface area contributed by atoms with E-state index in [9.17, 15) is 4.39 Å². The van der Waals surface area contributed by atoms with Crippen LogP contribution in [0.5, 0.6) is 0 Å². The molecule has 3 rings (SSSR count). The van der Waals surface area contributed by atoms with Crippen molar-refractivity contribution in [1.82, 2.24) is 0 Å². The van der Waals surface area contributed by atoms with Crippen molar-refractivity contribution < 1.29 is 4.39 Å². The summed E-state index contributed by atoms with van der Waals surface area (Å²) in [5.41, 5.74) is 1.55. The molecule has 106 valence electrons. The van der Waals surface area contributed by atoms with Gasteiger partial charge >= 0.3 is 0 Å². The van der Waals surface area contributed by atoms with Gasteiger partial charge in [-0.05, 0) is 47.2 Å². The Labute approximate surface area is 135 Å². The maximum Gasteiger partial charge on any atom is 0.129 e. The van der Waals surface area contributed by atoms with Gasteiger partial charge in [0.05, 0.1) is 0 Å². The molecule has 3 aromatic rings. The van der Waals surface area contributed by atoms with Crippen molar-refractivity contribution in [3.63, 3.8) is 0 Å². The highest BCUT2D eigenvalue weighted by Crippen LogP contribution is 2.23. The molecular formula is C17H12BrClFN. The maximum absolute atomic E-state index is 13.7. The second kappa shape index (κ2) is 6.04. The summed E-state index contributed by atoms with van der Waals surface area (Å²) in [5.74, 6) is -0.292. The van der Waals surface area contributed by atoms with E-state index in [0.717, 1.165) is 20.9 Å². The molecule has 0 aliphatic heterocycles. The molecule has 0 amide bonds. The Morgan fingerprint density at radius 3 is 2.52 bits per heavy atom. The predicted molar refractivity (Wildman–Crippen MR) is 90.4 cm³/mol. The molecule has 0 spiro atoms. The van der Waals surface area contributed by atoms with E-state index < -0.39 is 0 Å². The summed E-state index contributed by atoms with van der Waals surface area (Å²) in [6.07, 6.45) is 0. The standard InChI is InChI=1S/C17H12BrClFN/c18-14-4-1-12-8-16(6-3-11(12)7-14)21-10-13-2-5-15(19)9-17(13)20/h1-9,21H,10H2. The molecule has 0 fully saturated rings. The monoisotopic (exact) mass is 363 g/mol. The Morgan fingerprint density at radius 2 is 1.71 bits per heavy atom. The van der Waals surface area contributed by atoms with Crippen LogP contribution in [0.25, 0.3) is 10.8 Å². The molecular weight excluding hydrogens is 353 g/mol. The second-order valence-corrected chi connectivity index (χ2v) is 6.15. The number of halogens is 3. The number of rotatable bonds is 3. The summed E-state index contributed by atoms with van der Waals surface area (Å²) in [7, 11) is 0. The van der Waals surface area contributed by atoms with Gasteiger partial charge in [-0.25, -0.2) is 4.39 Å². The van der Waals surface area contributed by atoms with Crippen LogP contribution >= 0.6 is 27.5 Å². The van der Waals surface area contributed by atoms with Crippen molar-refractivity contribution in [2.24, 2.45) is 0 Å². The zero-order valence-corrected chi connectivity index (χ0v) is 13.4. The third-order valence-corrected chi connectivity index (χ3v) is 4.03. The van der Waals surface area contributed by atoms with Crippen molar-refractivity contribution in [1.29, 1.82) is 0 Å². The van der Waals surface area contributed by atoms with E-state index >= 15 is 0 Å². The van der Waals surface area contributed by atoms with Crippen LogP contribution in [-0.4, -0.2) is 0 Å². The summed E-state index contributed by atoms with van der Waals surface area (Å²) >= 11 is 9.21. The van der Waals surface area contributed by atoms with Crippen LogP contribution < -0.4 is 5.32 Å². The third kappa shape index (κ3) is 3.36. The van der Waals surface area contributed by atoms with Crippen LogP contribution in [0, 0.1) is 5.82 Å². The van der Waals surface area contributed by atoms with E-state index in [1.165, 1.54) is 6.07 Å². The fourth-order valence-electron chi connectivity index (χ4n) is 2.19. The first-order valence-electron chi connectivity index (χ1n) is 6.49. The number of hydrogen-bond donors (Lipinski definition) is 1. The topological polar surface area (TPSA) is 12.0 Å². The fourth-order valence-corrected chi connectivity index (χ4v) is 2.73. The molecule has 3 aromatic carbocycles. The SMILES string of the molecule is Fc1cc(Cl)ccc1CNc1ccc2cc(Br)ccc2c1. The molecule has 0 aliphatic carbocycles. The molecule has 1 N–H and O–H groups in total. The summed E-state index contributed by atoms with van der Waals surface area (Å²) in [5, 5.41) is 5.94. The Kier molecular flexibility index (Phi) is 4.13. The quantitative estimate of drug-likeness (QED) is 0.600. The Balaban J connectivity index is 1.80. The van der Waals surface area contributed by atoms with Gasteiger partial charge in [0.15, 0.2) is 0 Å². The smallest absolute Gasteiger partial charge is 0.129 e. The van der Waals surface area contributed by atoms with Crippen molar-refractivity contribution in [3.05, 3.63) is 75.5 Å². The first-order chi connectivity index (χ1) is 10.1. The van der Waals surface area contributed by atoms with E-state index in [1.54, 1.807) is 12.1 Å². The van der Waals surface area contributed by atoms with Gasteiger partial charge < -0.3 is 5.32 Å². The lowest BCUT2D eigenvalue weighted by Crippen LogP contribution is -2.01. The summed E-state index contributed by atoms with van der Waals surface area (Å²) in [6.45, 7) is 0.422. The highest BCUT2D eigenvalue weighted by Gasteiger charge is 2.03. The molecule has 0 unspecified atom stereocenters. The second-order valence-electron chi connectivity index (χ2n) is 4.80. The van der Waals surface area contributed by atoms with Crippen LogP contribution in [0.15, 0.2) is 59.1 Å². The van der Waals surface area contributed by atoms with E-state index in [0.29, 0.717) is 17.1 Å². The van der Waals surface area contributed by atoms with Gasteiger partial charge in [0.25, 0.3) is 0 Å². The van der Waals surface area contributed by atoms with E-state index in [2.05, 4.69) is 33.4 Å². The average Bonchev–Trinajstić information content (AvgIpc) is 2.46. The molecule has 0 saturated heterocycles. The molecule has 0 heterocycles. The molecule has 0 aromatic heterocycles. The van der Waals surface area contributed by atoms with Gasteiger partial charge in [-0.15, -0.1) is 0 Å². The Bertz CT molecular complexity index is 804. The molecule has 0 bridgehead atoms. The van der Waals surface area contributed by atoms with Gasteiger partial charge in [0.2, 0.25) is 0 Å². The van der Waals surface area contributed by atoms with Crippen LogP contribution in [0.4, 0.5) is 10.1 Å². The van der Waals surface area contributed by atoms with Crippen LogP contribution in [-0.2, 0) is 6.54 Å². The number of hydrogen-bond acceptors (Lipinski definition) is 1. The van der Waals surface area contributed by atoms with Crippen molar-refractivity contribution in [2.75, 3.05) is 5.32 Å². The first kappa shape index (κ1) is 14.4. The van der Waals surface area contributed by atoms with Crippen LogP contribution in [0.2, 0.25) is 5.02 Å². The lowest BCUT2D eigenvalue weighted by atomic mass is 10.1. The third-order valence-electron chi connectivity index (χ3n) is 3.30. The van der Waals surface area contributed by atoms with Crippen molar-refractivity contribution in [2.45, 2.75) is 6.54 Å². The summed E-state index contributed by atoms with van der Waals surface area (Å²) in [4.78, 5) is 0. The van der Waals surface area contributed by atoms with E-state index in [4.69, 9.17) is 11.6 Å². The molecule has 1 nitrogen and oxygen atoms in total. The van der Waals surface area contributed by atoms with Crippen molar-refractivity contribution in [3.8, 4) is 0 Å². The van der Waals surface area contributed by atoms with Crippen molar-refractivity contribution >= 4 is 44.0 Å². The summed E-state index contributed by atoms with van der Waals surface area (Å²) < 4.78 is 14.8. The largest absolute Gasteiger partial charge is 0.381 e. The molecule has 0 saturated carbocycles. The van der Waals surface area contributed by atoms with Gasteiger partial charge in [-0.2, -0.15) is 0 Å². The minimum atomic E-state index is -0.292. The van der Waals surface area contributed by atoms with Gasteiger partial charge in [0, 0.05) is 27.3 Å². The molecule has 4 heteroatoms.